The lowest BCUT2D eigenvalue weighted by Crippen LogP contribution is -2.37. The topological polar surface area (TPSA) is 42.2 Å². The van der Waals surface area contributed by atoms with Crippen molar-refractivity contribution < 1.29 is 4.52 Å². The molecular weight excluding hydrogens is 274 g/mol. The molecule has 0 spiro atoms. The fourth-order valence-corrected chi connectivity index (χ4v) is 3.17. The average Bonchev–Trinajstić information content (AvgIpc) is 2.96. The van der Waals surface area contributed by atoms with Crippen LogP contribution in [0.1, 0.15) is 39.5 Å². The highest BCUT2D eigenvalue weighted by molar-refractivity contribution is 5.53. The molecule has 1 aliphatic rings. The molecule has 2 aromatic rings. The van der Waals surface area contributed by atoms with E-state index in [9.17, 15) is 0 Å². The Labute approximate surface area is 132 Å². The van der Waals surface area contributed by atoms with E-state index in [1.54, 1.807) is 0 Å². The number of benzene rings is 1. The third kappa shape index (κ3) is 3.55. The number of likely N-dealkylation sites (tertiary alicyclic amines) is 1. The molecule has 2 heterocycles. The van der Waals surface area contributed by atoms with E-state index in [2.05, 4.69) is 35.8 Å². The van der Waals surface area contributed by atoms with Crippen LogP contribution in [-0.2, 0) is 6.54 Å². The van der Waals surface area contributed by atoms with Gasteiger partial charge in [0.1, 0.15) is 0 Å². The van der Waals surface area contributed by atoms with Gasteiger partial charge in [0.2, 0.25) is 11.7 Å². The zero-order valence-electron chi connectivity index (χ0n) is 13.7. The summed E-state index contributed by atoms with van der Waals surface area (Å²) in [7, 11) is 0. The van der Waals surface area contributed by atoms with E-state index in [0.29, 0.717) is 17.1 Å². The molecule has 4 heteroatoms. The van der Waals surface area contributed by atoms with Gasteiger partial charge in [0, 0.05) is 5.56 Å². The van der Waals surface area contributed by atoms with E-state index in [4.69, 9.17) is 4.52 Å². The minimum absolute atomic E-state index is 0.414. The van der Waals surface area contributed by atoms with Crippen molar-refractivity contribution >= 4 is 0 Å². The summed E-state index contributed by atoms with van der Waals surface area (Å²) in [6.07, 6.45) is 2.51. The van der Waals surface area contributed by atoms with E-state index in [0.717, 1.165) is 31.1 Å². The Bertz CT molecular complexity index is 592. The summed E-state index contributed by atoms with van der Waals surface area (Å²) in [5.74, 6) is 2.21. The second kappa shape index (κ2) is 6.21. The van der Waals surface area contributed by atoms with Gasteiger partial charge in [-0.05, 0) is 37.3 Å². The molecule has 1 aromatic heterocycles. The van der Waals surface area contributed by atoms with Gasteiger partial charge in [0.25, 0.3) is 0 Å². The maximum absolute atomic E-state index is 5.41. The molecule has 0 saturated carbocycles. The first-order chi connectivity index (χ1) is 10.5. The van der Waals surface area contributed by atoms with Gasteiger partial charge in [0.15, 0.2) is 0 Å². The summed E-state index contributed by atoms with van der Waals surface area (Å²) in [6.45, 7) is 10.0. The molecule has 0 aliphatic carbocycles. The first kappa shape index (κ1) is 15.2. The SMILES string of the molecule is CC(C)(C)C1CCN(Cc2nc(-c3ccccc3)no2)CC1. The number of aromatic nitrogens is 2. The van der Waals surface area contributed by atoms with Gasteiger partial charge in [0.05, 0.1) is 6.54 Å². The average molecular weight is 299 g/mol. The van der Waals surface area contributed by atoms with Crippen molar-refractivity contribution in [1.29, 1.82) is 0 Å². The summed E-state index contributed by atoms with van der Waals surface area (Å²) in [5, 5.41) is 4.09. The molecule has 118 valence electrons. The predicted octanol–water partition coefficient (Wildman–Crippen LogP) is 3.99. The fraction of sp³-hybridized carbons (Fsp3) is 0.556. The van der Waals surface area contributed by atoms with E-state index < -0.39 is 0 Å². The molecule has 1 aromatic carbocycles. The summed E-state index contributed by atoms with van der Waals surface area (Å²) < 4.78 is 5.41. The number of hydrogen-bond acceptors (Lipinski definition) is 4. The maximum atomic E-state index is 5.41. The van der Waals surface area contributed by atoms with Crippen LogP contribution in [0.3, 0.4) is 0 Å². The fourth-order valence-electron chi connectivity index (χ4n) is 3.17. The molecule has 1 aliphatic heterocycles. The molecule has 0 N–H and O–H groups in total. The quantitative estimate of drug-likeness (QED) is 0.859. The monoisotopic (exact) mass is 299 g/mol. The Hall–Kier alpha value is -1.68. The summed E-state index contributed by atoms with van der Waals surface area (Å²) in [4.78, 5) is 6.94. The smallest absolute Gasteiger partial charge is 0.241 e. The molecule has 0 amide bonds. The van der Waals surface area contributed by atoms with Crippen LogP contribution in [0.25, 0.3) is 11.4 Å². The highest BCUT2D eigenvalue weighted by atomic mass is 16.5. The van der Waals surface area contributed by atoms with Crippen LogP contribution >= 0.6 is 0 Å². The Kier molecular flexibility index (Phi) is 4.30. The van der Waals surface area contributed by atoms with E-state index in [1.807, 2.05) is 30.3 Å². The second-order valence-electron chi connectivity index (χ2n) is 7.29. The molecule has 3 rings (SSSR count). The standard InChI is InChI=1S/C18H25N3O/c1-18(2,3)15-9-11-21(12-10-15)13-16-19-17(20-22-16)14-7-5-4-6-8-14/h4-8,15H,9-13H2,1-3H3. The zero-order valence-corrected chi connectivity index (χ0v) is 13.7. The molecule has 0 unspecified atom stereocenters. The minimum Gasteiger partial charge on any atom is -0.338 e. The van der Waals surface area contributed by atoms with Gasteiger partial charge in [-0.2, -0.15) is 4.98 Å². The van der Waals surface area contributed by atoms with Crippen molar-refractivity contribution in [2.75, 3.05) is 13.1 Å². The molecule has 4 nitrogen and oxygen atoms in total. The Morgan fingerprint density at radius 2 is 1.82 bits per heavy atom. The third-order valence-corrected chi connectivity index (χ3v) is 4.67. The summed E-state index contributed by atoms with van der Waals surface area (Å²) in [5.41, 5.74) is 1.42. The molecule has 1 saturated heterocycles. The lowest BCUT2D eigenvalue weighted by atomic mass is 9.75. The molecular formula is C18H25N3O. The zero-order chi connectivity index (χ0) is 15.6. The van der Waals surface area contributed by atoms with Crippen molar-refractivity contribution in [3.63, 3.8) is 0 Å². The summed E-state index contributed by atoms with van der Waals surface area (Å²) in [6, 6.07) is 9.97. The van der Waals surface area contributed by atoms with Gasteiger partial charge in [-0.3, -0.25) is 4.90 Å². The largest absolute Gasteiger partial charge is 0.338 e. The van der Waals surface area contributed by atoms with Crippen LogP contribution < -0.4 is 0 Å². The van der Waals surface area contributed by atoms with E-state index >= 15 is 0 Å². The Morgan fingerprint density at radius 3 is 2.45 bits per heavy atom. The van der Waals surface area contributed by atoms with Crippen molar-refractivity contribution in [2.45, 2.75) is 40.2 Å². The van der Waals surface area contributed by atoms with Gasteiger partial charge < -0.3 is 4.52 Å². The second-order valence-corrected chi connectivity index (χ2v) is 7.29. The van der Waals surface area contributed by atoms with Gasteiger partial charge in [-0.25, -0.2) is 0 Å². The van der Waals surface area contributed by atoms with Gasteiger partial charge >= 0.3 is 0 Å². The lowest BCUT2D eigenvalue weighted by Gasteiger charge is -2.38. The summed E-state index contributed by atoms with van der Waals surface area (Å²) >= 11 is 0. The van der Waals surface area contributed by atoms with Crippen molar-refractivity contribution in [3.8, 4) is 11.4 Å². The number of rotatable bonds is 3. The van der Waals surface area contributed by atoms with Gasteiger partial charge in [-0.1, -0.05) is 56.3 Å². The van der Waals surface area contributed by atoms with Crippen LogP contribution in [0.15, 0.2) is 34.9 Å². The first-order valence-electron chi connectivity index (χ1n) is 8.13. The van der Waals surface area contributed by atoms with Gasteiger partial charge in [-0.15, -0.1) is 0 Å². The molecule has 0 bridgehead atoms. The normalized spacial score (nSPS) is 17.8. The van der Waals surface area contributed by atoms with E-state index in [1.165, 1.54) is 12.8 Å². The highest BCUT2D eigenvalue weighted by Gasteiger charge is 2.29. The van der Waals surface area contributed by atoms with Crippen molar-refractivity contribution in [3.05, 3.63) is 36.2 Å². The predicted molar refractivity (Wildman–Crippen MR) is 87.2 cm³/mol. The lowest BCUT2D eigenvalue weighted by molar-refractivity contribution is 0.100. The van der Waals surface area contributed by atoms with Crippen LogP contribution in [0.4, 0.5) is 0 Å². The minimum atomic E-state index is 0.414. The Balaban J connectivity index is 1.58. The number of hydrogen-bond donors (Lipinski definition) is 0. The van der Waals surface area contributed by atoms with Crippen LogP contribution in [0, 0.1) is 11.3 Å². The molecule has 1 fully saturated rings. The third-order valence-electron chi connectivity index (χ3n) is 4.67. The maximum Gasteiger partial charge on any atom is 0.241 e. The number of nitrogens with zero attached hydrogens (tertiary/aromatic N) is 3. The Morgan fingerprint density at radius 1 is 1.14 bits per heavy atom. The van der Waals surface area contributed by atoms with Crippen molar-refractivity contribution in [1.82, 2.24) is 15.0 Å². The van der Waals surface area contributed by atoms with E-state index in [-0.39, 0.29) is 0 Å². The molecule has 0 radical (unpaired) electrons. The molecule has 0 atom stereocenters. The van der Waals surface area contributed by atoms with Crippen LogP contribution in [0.2, 0.25) is 0 Å². The number of piperidine rings is 1. The van der Waals surface area contributed by atoms with Crippen LogP contribution in [0.5, 0.6) is 0 Å². The molecule has 22 heavy (non-hydrogen) atoms. The first-order valence-corrected chi connectivity index (χ1v) is 8.13. The van der Waals surface area contributed by atoms with Crippen LogP contribution in [-0.4, -0.2) is 28.1 Å². The highest BCUT2D eigenvalue weighted by Crippen LogP contribution is 2.34. The van der Waals surface area contributed by atoms with Crippen molar-refractivity contribution in [2.24, 2.45) is 11.3 Å².